The molecule has 0 bridgehead atoms. The van der Waals surface area contributed by atoms with Gasteiger partial charge in [0.05, 0.1) is 16.8 Å². The van der Waals surface area contributed by atoms with Gasteiger partial charge in [0.25, 0.3) is 5.56 Å². The molecule has 9 nitrogen and oxygen atoms in total. The summed E-state index contributed by atoms with van der Waals surface area (Å²) in [5, 5.41) is 9.32. The monoisotopic (exact) mass is 504 g/mol. The molecule has 0 amide bonds. The number of nitrogens with one attached hydrogen (secondary N) is 1. The number of anilines is 2. The second kappa shape index (κ2) is 11.4. The Morgan fingerprint density at radius 3 is 2.58 bits per heavy atom. The maximum Gasteiger partial charge on any atom is 0.344 e. The molecule has 184 valence electrons. The summed E-state index contributed by atoms with van der Waals surface area (Å²) in [7, 11) is 0. The van der Waals surface area contributed by atoms with Crippen LogP contribution in [0.5, 0.6) is 0 Å². The van der Waals surface area contributed by atoms with Crippen LogP contribution in [0, 0.1) is 6.92 Å². The Bertz CT molecular complexity index is 1420. The van der Waals surface area contributed by atoms with Crippen molar-refractivity contribution in [2.75, 3.05) is 11.9 Å². The van der Waals surface area contributed by atoms with Crippen LogP contribution in [0.1, 0.15) is 28.4 Å². The summed E-state index contributed by atoms with van der Waals surface area (Å²) >= 11 is 1.36. The van der Waals surface area contributed by atoms with E-state index in [4.69, 9.17) is 9.47 Å². The normalized spacial score (nSPS) is 10.6. The summed E-state index contributed by atoms with van der Waals surface area (Å²) in [6.07, 6.45) is 3.19. The smallest absolute Gasteiger partial charge is 0.344 e. The van der Waals surface area contributed by atoms with Gasteiger partial charge in [0.1, 0.15) is 23.6 Å². The number of hydrogen-bond donors (Lipinski definition) is 1. The van der Waals surface area contributed by atoms with Gasteiger partial charge >= 0.3 is 11.9 Å². The molecule has 0 saturated carbocycles. The van der Waals surface area contributed by atoms with Gasteiger partial charge in [0.15, 0.2) is 6.61 Å². The minimum Gasteiger partial charge on any atom is -0.458 e. The number of pyridine rings is 1. The third-order valence-electron chi connectivity index (χ3n) is 5.28. The third kappa shape index (κ3) is 5.66. The van der Waals surface area contributed by atoms with Crippen LogP contribution < -0.4 is 10.9 Å². The van der Waals surface area contributed by atoms with Crippen molar-refractivity contribution < 1.29 is 19.1 Å². The molecule has 10 heteroatoms. The second-order valence-corrected chi connectivity index (χ2v) is 8.68. The topological polar surface area (TPSA) is 112 Å². The number of carbonyl (C=O) groups excluding carboxylic acids is 2. The van der Waals surface area contributed by atoms with E-state index in [9.17, 15) is 14.4 Å². The maximum absolute atomic E-state index is 13.3. The van der Waals surface area contributed by atoms with E-state index in [-0.39, 0.29) is 23.6 Å². The van der Waals surface area contributed by atoms with Crippen LogP contribution >= 0.6 is 11.3 Å². The molecular formula is C26H24N4O5S. The summed E-state index contributed by atoms with van der Waals surface area (Å²) in [6, 6.07) is 14.6. The predicted octanol–water partition coefficient (Wildman–Crippen LogP) is 4.34. The van der Waals surface area contributed by atoms with Gasteiger partial charge < -0.3 is 14.8 Å². The van der Waals surface area contributed by atoms with E-state index in [0.717, 1.165) is 11.1 Å². The summed E-state index contributed by atoms with van der Waals surface area (Å²) in [4.78, 5) is 43.6. The van der Waals surface area contributed by atoms with Crippen LogP contribution in [0.15, 0.2) is 71.1 Å². The summed E-state index contributed by atoms with van der Waals surface area (Å²) in [6.45, 7) is 3.37. The first-order chi connectivity index (χ1) is 17.5. The predicted molar refractivity (Wildman–Crippen MR) is 136 cm³/mol. The molecule has 4 aromatic rings. The number of esters is 2. The summed E-state index contributed by atoms with van der Waals surface area (Å²) in [5.41, 5.74) is 1.89. The van der Waals surface area contributed by atoms with Crippen molar-refractivity contribution in [1.29, 1.82) is 0 Å². The Kier molecular flexibility index (Phi) is 7.86. The van der Waals surface area contributed by atoms with Gasteiger partial charge in [-0.25, -0.2) is 14.3 Å². The second-order valence-electron chi connectivity index (χ2n) is 7.73. The zero-order chi connectivity index (χ0) is 25.5. The van der Waals surface area contributed by atoms with Gasteiger partial charge in [-0.1, -0.05) is 36.4 Å². The van der Waals surface area contributed by atoms with Crippen molar-refractivity contribution in [2.24, 2.45) is 0 Å². The van der Waals surface area contributed by atoms with Gasteiger partial charge in [-0.15, -0.1) is 11.3 Å². The fourth-order valence-electron chi connectivity index (χ4n) is 3.39. The van der Waals surface area contributed by atoms with E-state index in [1.807, 2.05) is 48.7 Å². The van der Waals surface area contributed by atoms with Crippen LogP contribution in [0.2, 0.25) is 0 Å². The Morgan fingerprint density at radius 1 is 1.08 bits per heavy atom. The number of ether oxygens (including phenoxy) is 2. The van der Waals surface area contributed by atoms with E-state index in [1.54, 1.807) is 31.5 Å². The number of rotatable bonds is 9. The van der Waals surface area contributed by atoms with Crippen LogP contribution in [0.4, 0.5) is 11.4 Å². The number of nitrogens with zero attached hydrogens (tertiary/aromatic N) is 3. The van der Waals surface area contributed by atoms with Crippen LogP contribution in [0.3, 0.4) is 0 Å². The zero-order valence-electron chi connectivity index (χ0n) is 19.8. The Balaban J connectivity index is 1.66. The number of aryl methyl sites for hydroxylation is 2. The summed E-state index contributed by atoms with van der Waals surface area (Å²) in [5.74, 6) is -1.58. The molecule has 4 rings (SSSR count). The third-order valence-corrected chi connectivity index (χ3v) is 6.15. The van der Waals surface area contributed by atoms with Crippen molar-refractivity contribution in [2.45, 2.75) is 27.0 Å². The number of carbonyl (C=O) groups is 2. The lowest BCUT2D eigenvalue weighted by atomic mass is 10.1. The molecule has 0 radical (unpaired) electrons. The highest BCUT2D eigenvalue weighted by Crippen LogP contribution is 2.31. The average Bonchev–Trinajstić information content (AvgIpc) is 3.44. The molecule has 1 aromatic carbocycles. The molecule has 0 saturated heterocycles. The van der Waals surface area contributed by atoms with Gasteiger partial charge in [0.2, 0.25) is 0 Å². The number of thiophene rings is 1. The Morgan fingerprint density at radius 2 is 1.89 bits per heavy atom. The highest BCUT2D eigenvalue weighted by molar-refractivity contribution is 7.13. The zero-order valence-corrected chi connectivity index (χ0v) is 20.6. The first-order valence-corrected chi connectivity index (χ1v) is 12.1. The molecule has 0 spiro atoms. The van der Waals surface area contributed by atoms with Crippen LogP contribution in [-0.2, 0) is 27.4 Å². The van der Waals surface area contributed by atoms with Crippen molar-refractivity contribution in [3.8, 4) is 10.6 Å². The number of aromatic nitrogens is 3. The first-order valence-electron chi connectivity index (χ1n) is 11.2. The highest BCUT2D eigenvalue weighted by Gasteiger charge is 2.27. The molecule has 0 aliphatic carbocycles. The Labute approximate surface area is 211 Å². The number of benzene rings is 1. The van der Waals surface area contributed by atoms with Gasteiger partial charge in [-0.05, 0) is 42.5 Å². The quantitative estimate of drug-likeness (QED) is 0.335. The molecule has 3 heterocycles. The fraction of sp³-hybridized carbons (Fsp3) is 0.192. The minimum absolute atomic E-state index is 0.00555. The molecule has 1 N–H and O–H groups in total. The van der Waals surface area contributed by atoms with E-state index in [1.165, 1.54) is 16.0 Å². The molecule has 3 aromatic heterocycles. The van der Waals surface area contributed by atoms with Gasteiger partial charge in [-0.2, -0.15) is 5.10 Å². The molecular weight excluding hydrogens is 480 g/mol. The number of hydrogen-bond acceptors (Lipinski definition) is 9. The van der Waals surface area contributed by atoms with E-state index in [0.29, 0.717) is 17.1 Å². The SMILES string of the molecule is CCn1nc(-c2cccs2)c(C(=O)OCC(=O)OCc2ccccc2)c(Nc2cnccc2C)c1=O. The molecule has 0 aliphatic rings. The standard InChI is InChI=1S/C26H24N4O5S/c1-3-30-25(32)24(28-19-14-27-12-11-17(19)2)22(23(29-30)20-10-7-13-36-20)26(33)35-16-21(31)34-15-18-8-5-4-6-9-18/h4-14,28H,3,15-16H2,1-2H3. The highest BCUT2D eigenvalue weighted by atomic mass is 32.1. The lowest BCUT2D eigenvalue weighted by molar-refractivity contribution is -0.148. The minimum atomic E-state index is -0.869. The van der Waals surface area contributed by atoms with Crippen molar-refractivity contribution in [1.82, 2.24) is 14.8 Å². The Hall–Kier alpha value is -4.31. The van der Waals surface area contributed by atoms with Crippen molar-refractivity contribution in [3.05, 3.63) is 93.3 Å². The molecule has 0 unspecified atom stereocenters. The van der Waals surface area contributed by atoms with E-state index in [2.05, 4.69) is 15.4 Å². The van der Waals surface area contributed by atoms with Crippen molar-refractivity contribution in [3.63, 3.8) is 0 Å². The largest absolute Gasteiger partial charge is 0.458 e. The maximum atomic E-state index is 13.3. The average molecular weight is 505 g/mol. The molecule has 36 heavy (non-hydrogen) atoms. The molecule has 0 fully saturated rings. The van der Waals surface area contributed by atoms with Crippen molar-refractivity contribution >= 4 is 34.7 Å². The summed E-state index contributed by atoms with van der Waals surface area (Å²) < 4.78 is 11.8. The lowest BCUT2D eigenvalue weighted by Crippen LogP contribution is -2.29. The van der Waals surface area contributed by atoms with Gasteiger partial charge in [-0.3, -0.25) is 9.78 Å². The molecule has 0 atom stereocenters. The van der Waals surface area contributed by atoms with Crippen LogP contribution in [0.25, 0.3) is 10.6 Å². The van der Waals surface area contributed by atoms with E-state index >= 15 is 0 Å². The lowest BCUT2D eigenvalue weighted by Gasteiger charge is -2.17. The van der Waals surface area contributed by atoms with E-state index < -0.39 is 24.1 Å². The van der Waals surface area contributed by atoms with Gasteiger partial charge in [0, 0.05) is 12.7 Å². The molecule has 0 aliphatic heterocycles. The van der Waals surface area contributed by atoms with Crippen LogP contribution in [-0.4, -0.2) is 33.3 Å². The first kappa shape index (κ1) is 24.8. The fourth-order valence-corrected chi connectivity index (χ4v) is 4.11.